The van der Waals surface area contributed by atoms with Crippen LogP contribution in [0, 0.1) is 48.5 Å². The fourth-order valence-electron chi connectivity index (χ4n) is 9.12. The molecule has 0 atom stereocenters. The van der Waals surface area contributed by atoms with Crippen LogP contribution in [0.1, 0.15) is 64.0 Å². The van der Waals surface area contributed by atoms with Crippen LogP contribution >= 0.6 is 0 Å². The van der Waals surface area contributed by atoms with Crippen molar-refractivity contribution in [2.24, 2.45) is 0 Å². The first-order valence-corrected chi connectivity index (χ1v) is 17.1. The van der Waals surface area contributed by atoms with E-state index in [-0.39, 0.29) is 12.1 Å². The highest BCUT2D eigenvalue weighted by Gasteiger charge is 2.38. The molecule has 236 valence electrons. The lowest BCUT2D eigenvalue weighted by molar-refractivity contribution is 0.666. The maximum Gasteiger partial charge on any atom is 0.291 e. The van der Waals surface area contributed by atoms with Gasteiger partial charge < -0.3 is 4.57 Å². The van der Waals surface area contributed by atoms with Gasteiger partial charge in [0, 0.05) is 16.2 Å². The largest absolute Gasteiger partial charge is 0.306 e. The molecule has 0 fully saturated rings. The van der Waals surface area contributed by atoms with Crippen LogP contribution in [0.4, 0.5) is 0 Å². The van der Waals surface area contributed by atoms with Crippen molar-refractivity contribution >= 4 is 45.2 Å². The highest BCUT2D eigenvalue weighted by atomic mass is 15.0. The summed E-state index contributed by atoms with van der Waals surface area (Å²) in [6.07, 6.45) is 2.07. The van der Waals surface area contributed by atoms with Gasteiger partial charge in [0.2, 0.25) is 0 Å². The molecule has 0 saturated heterocycles. The Labute approximate surface area is 284 Å². The van der Waals surface area contributed by atoms with E-state index < -0.39 is 0 Å². The van der Waals surface area contributed by atoms with Crippen LogP contribution in [0.2, 0.25) is 0 Å². The summed E-state index contributed by atoms with van der Waals surface area (Å²) in [6.45, 7) is 20.1. The zero-order valence-electron chi connectivity index (χ0n) is 29.6. The predicted octanol–water partition coefficient (Wildman–Crippen LogP) is 8.56. The minimum Gasteiger partial charge on any atom is -0.306 e. The summed E-state index contributed by atoms with van der Waals surface area (Å²) in [4.78, 5) is 10.7. The van der Waals surface area contributed by atoms with E-state index in [4.69, 9.17) is 9.97 Å². The number of rotatable bonds is 4. The van der Waals surface area contributed by atoms with Crippen LogP contribution in [0.5, 0.6) is 0 Å². The maximum atomic E-state index is 5.41. The summed E-state index contributed by atoms with van der Waals surface area (Å²) in [5, 5.41) is 2.59. The molecule has 8 rings (SSSR count). The molecule has 0 bridgehead atoms. The standard InChI is InChI=1S/C44H42BN3/c1-25-20-27(3)41(28(4)21-25)45(42-29(5)22-26(2)23-30(42)6)43-46-24-38(31(7)47-43)48-36-17-13-11-15-34(36)39-37(48)19-18-33-32-14-10-12-16-35(32)44(8,9)40(33)39/h10-24H,1-9H3. The second-order valence-corrected chi connectivity index (χ2v) is 14.7. The Morgan fingerprint density at radius 3 is 1.83 bits per heavy atom. The van der Waals surface area contributed by atoms with E-state index in [0.29, 0.717) is 0 Å². The van der Waals surface area contributed by atoms with E-state index in [9.17, 15) is 0 Å². The first-order chi connectivity index (χ1) is 23.0. The number of aryl methyl sites for hydroxylation is 7. The molecule has 2 heterocycles. The summed E-state index contributed by atoms with van der Waals surface area (Å²) in [6, 6.07) is 31.5. The summed E-state index contributed by atoms with van der Waals surface area (Å²) < 4.78 is 2.39. The van der Waals surface area contributed by atoms with E-state index in [0.717, 1.165) is 17.1 Å². The smallest absolute Gasteiger partial charge is 0.291 e. The fraction of sp³-hybridized carbons (Fsp3) is 0.227. The lowest BCUT2D eigenvalue weighted by Crippen LogP contribution is -2.58. The lowest BCUT2D eigenvalue weighted by atomic mass is 9.37. The molecule has 0 amide bonds. The first kappa shape index (κ1) is 30.4. The van der Waals surface area contributed by atoms with Gasteiger partial charge in [-0.25, -0.2) is 9.97 Å². The number of nitrogens with zero attached hydrogens (tertiary/aromatic N) is 3. The molecule has 3 nitrogen and oxygen atoms in total. The molecular weight excluding hydrogens is 581 g/mol. The fourth-order valence-corrected chi connectivity index (χ4v) is 9.12. The molecule has 1 aliphatic rings. The predicted molar refractivity (Wildman–Crippen MR) is 205 cm³/mol. The Kier molecular flexibility index (Phi) is 6.83. The number of fused-ring (bicyclic) bond motifs is 7. The molecule has 48 heavy (non-hydrogen) atoms. The van der Waals surface area contributed by atoms with Crippen molar-refractivity contribution in [1.29, 1.82) is 0 Å². The monoisotopic (exact) mass is 623 g/mol. The van der Waals surface area contributed by atoms with Crippen molar-refractivity contribution in [3.63, 3.8) is 0 Å². The van der Waals surface area contributed by atoms with Gasteiger partial charge in [0.15, 0.2) is 0 Å². The zero-order valence-corrected chi connectivity index (χ0v) is 29.6. The van der Waals surface area contributed by atoms with Crippen LogP contribution in [0.25, 0.3) is 38.6 Å². The first-order valence-electron chi connectivity index (χ1n) is 17.1. The van der Waals surface area contributed by atoms with E-state index in [1.54, 1.807) is 0 Å². The minimum absolute atomic E-state index is 0.0697. The molecule has 0 radical (unpaired) electrons. The van der Waals surface area contributed by atoms with E-state index in [1.165, 1.54) is 88.4 Å². The summed E-state index contributed by atoms with van der Waals surface area (Å²) in [7, 11) is 0. The number of para-hydroxylation sites is 1. The van der Waals surface area contributed by atoms with Crippen molar-refractivity contribution in [3.05, 3.63) is 141 Å². The highest BCUT2D eigenvalue weighted by molar-refractivity contribution is 6.95. The topological polar surface area (TPSA) is 30.7 Å². The minimum atomic E-state index is -0.115. The number of hydrogen-bond donors (Lipinski definition) is 0. The van der Waals surface area contributed by atoms with Gasteiger partial charge in [-0.3, -0.25) is 0 Å². The third-order valence-electron chi connectivity index (χ3n) is 10.9. The third-order valence-corrected chi connectivity index (χ3v) is 10.9. The average Bonchev–Trinajstić information content (AvgIpc) is 3.48. The number of hydrogen-bond acceptors (Lipinski definition) is 2. The van der Waals surface area contributed by atoms with Crippen LogP contribution in [0.3, 0.4) is 0 Å². The molecule has 4 heteroatoms. The molecule has 2 aromatic heterocycles. The molecular formula is C44H42BN3. The zero-order chi connectivity index (χ0) is 33.6. The lowest BCUT2D eigenvalue weighted by Gasteiger charge is -2.24. The van der Waals surface area contributed by atoms with Gasteiger partial charge in [-0.1, -0.05) is 131 Å². The Bertz CT molecular complexity index is 2360. The summed E-state index contributed by atoms with van der Waals surface area (Å²) in [5.74, 6) is 0. The van der Waals surface area contributed by atoms with Crippen LogP contribution in [-0.4, -0.2) is 21.2 Å². The summed E-state index contributed by atoms with van der Waals surface area (Å²) >= 11 is 0. The van der Waals surface area contributed by atoms with Gasteiger partial charge in [0.25, 0.3) is 6.71 Å². The van der Waals surface area contributed by atoms with Crippen LogP contribution in [0.15, 0.2) is 91.1 Å². The van der Waals surface area contributed by atoms with Gasteiger partial charge in [-0.2, -0.15) is 0 Å². The normalized spacial score (nSPS) is 13.3. The van der Waals surface area contributed by atoms with Gasteiger partial charge in [-0.05, 0) is 82.9 Å². The molecule has 0 unspecified atom stereocenters. The molecule has 5 aromatic carbocycles. The van der Waals surface area contributed by atoms with E-state index >= 15 is 0 Å². The van der Waals surface area contributed by atoms with Gasteiger partial charge in [0.1, 0.15) is 0 Å². The molecule has 1 aliphatic carbocycles. The Morgan fingerprint density at radius 2 is 1.21 bits per heavy atom. The van der Waals surface area contributed by atoms with Crippen LogP contribution < -0.4 is 16.6 Å². The van der Waals surface area contributed by atoms with Gasteiger partial charge in [-0.15, -0.1) is 0 Å². The Hall–Kier alpha value is -4.96. The number of benzene rings is 5. The average molecular weight is 624 g/mol. The molecule has 7 aromatic rings. The third kappa shape index (κ3) is 4.35. The molecule has 0 N–H and O–H groups in total. The maximum absolute atomic E-state index is 5.41. The van der Waals surface area contributed by atoms with Crippen molar-refractivity contribution in [3.8, 4) is 16.8 Å². The second kappa shape index (κ2) is 10.8. The number of aromatic nitrogens is 3. The van der Waals surface area contributed by atoms with Crippen molar-refractivity contribution in [1.82, 2.24) is 14.5 Å². The molecule has 0 spiro atoms. The second-order valence-electron chi connectivity index (χ2n) is 14.7. The van der Waals surface area contributed by atoms with Crippen molar-refractivity contribution in [2.75, 3.05) is 0 Å². The van der Waals surface area contributed by atoms with Crippen molar-refractivity contribution in [2.45, 2.75) is 67.7 Å². The molecule has 0 saturated carbocycles. The van der Waals surface area contributed by atoms with Crippen molar-refractivity contribution < 1.29 is 0 Å². The van der Waals surface area contributed by atoms with Crippen LogP contribution in [-0.2, 0) is 5.41 Å². The quantitative estimate of drug-likeness (QED) is 0.184. The van der Waals surface area contributed by atoms with E-state index in [1.807, 2.05) is 0 Å². The summed E-state index contributed by atoms with van der Waals surface area (Å²) in [5.41, 5.74) is 20.9. The Morgan fingerprint density at radius 1 is 0.625 bits per heavy atom. The SMILES string of the molecule is Cc1cc(C)c(B(c2ncc(-n3c4ccccc4c4c5c(ccc43)-c3ccccc3C5(C)C)c(C)n2)c2c(C)cc(C)cc2C)c(C)c1. The Balaban J connectivity index is 1.37. The highest BCUT2D eigenvalue weighted by Crippen LogP contribution is 2.53. The van der Waals surface area contributed by atoms with Gasteiger partial charge in [0.05, 0.1) is 34.3 Å². The van der Waals surface area contributed by atoms with E-state index in [2.05, 4.69) is 158 Å². The molecule has 0 aliphatic heterocycles. The van der Waals surface area contributed by atoms with Gasteiger partial charge >= 0.3 is 0 Å².